The molecule has 7 heteroatoms. The van der Waals surface area contributed by atoms with Gasteiger partial charge in [-0.2, -0.15) is 0 Å². The Kier molecular flexibility index (Phi) is 5.89. The van der Waals surface area contributed by atoms with Gasteiger partial charge in [-0.3, -0.25) is 0 Å². The van der Waals surface area contributed by atoms with Crippen LogP contribution in [-0.2, 0) is 5.75 Å². The summed E-state index contributed by atoms with van der Waals surface area (Å²) < 4.78 is 11.5. The Morgan fingerprint density at radius 3 is 2.60 bits per heavy atom. The second kappa shape index (κ2) is 8.13. The number of benzene rings is 2. The largest absolute Gasteiger partial charge is 0.479 e. The summed E-state index contributed by atoms with van der Waals surface area (Å²) in [5, 5.41) is 9.61. The van der Waals surface area contributed by atoms with Crippen LogP contribution in [0.3, 0.4) is 0 Å². The van der Waals surface area contributed by atoms with Gasteiger partial charge >= 0.3 is 0 Å². The van der Waals surface area contributed by atoms with E-state index < -0.39 is 6.10 Å². The molecular formula is C18H16Cl2N2O2S. The molecular weight excluding hydrogens is 379 g/mol. The van der Waals surface area contributed by atoms with Crippen molar-refractivity contribution in [1.82, 2.24) is 10.2 Å². The van der Waals surface area contributed by atoms with Crippen LogP contribution in [-0.4, -0.2) is 10.2 Å². The predicted octanol–water partition coefficient (Wildman–Crippen LogP) is 6.12. The minimum Gasteiger partial charge on any atom is -0.479 e. The monoisotopic (exact) mass is 394 g/mol. The van der Waals surface area contributed by atoms with E-state index in [1.165, 1.54) is 22.9 Å². The summed E-state index contributed by atoms with van der Waals surface area (Å²) in [4.78, 5) is 0. The van der Waals surface area contributed by atoms with Gasteiger partial charge in [-0.05, 0) is 37.6 Å². The van der Waals surface area contributed by atoms with E-state index in [-0.39, 0.29) is 0 Å². The molecule has 0 saturated carbocycles. The van der Waals surface area contributed by atoms with Gasteiger partial charge in [0.15, 0.2) is 6.10 Å². The van der Waals surface area contributed by atoms with Crippen LogP contribution in [0, 0.1) is 6.92 Å². The first-order valence-electron chi connectivity index (χ1n) is 7.65. The molecule has 0 fully saturated rings. The highest BCUT2D eigenvalue weighted by atomic mass is 35.5. The van der Waals surface area contributed by atoms with Crippen molar-refractivity contribution in [3.63, 3.8) is 0 Å². The van der Waals surface area contributed by atoms with Crippen LogP contribution in [0.5, 0.6) is 5.75 Å². The van der Waals surface area contributed by atoms with E-state index in [9.17, 15) is 0 Å². The van der Waals surface area contributed by atoms with E-state index in [0.29, 0.717) is 26.9 Å². The first-order valence-corrected chi connectivity index (χ1v) is 9.39. The summed E-state index contributed by atoms with van der Waals surface area (Å²) >= 11 is 13.5. The number of nitrogens with zero attached hydrogens (tertiary/aromatic N) is 2. The normalized spacial score (nSPS) is 12.2. The molecule has 3 aromatic rings. The fourth-order valence-electron chi connectivity index (χ4n) is 2.08. The van der Waals surface area contributed by atoms with E-state index in [1.54, 1.807) is 18.2 Å². The fourth-order valence-corrected chi connectivity index (χ4v) is 3.26. The molecule has 25 heavy (non-hydrogen) atoms. The fraction of sp³-hybridized carbons (Fsp3) is 0.222. The molecule has 130 valence electrons. The second-order valence-corrected chi connectivity index (χ2v) is 7.29. The number of aromatic nitrogens is 2. The summed E-state index contributed by atoms with van der Waals surface area (Å²) in [7, 11) is 0. The van der Waals surface area contributed by atoms with E-state index >= 15 is 0 Å². The zero-order chi connectivity index (χ0) is 17.8. The molecule has 0 saturated heterocycles. The Morgan fingerprint density at radius 2 is 1.88 bits per heavy atom. The third-order valence-corrected chi connectivity index (χ3v) is 4.87. The number of ether oxygens (including phenoxy) is 1. The predicted molar refractivity (Wildman–Crippen MR) is 101 cm³/mol. The lowest BCUT2D eigenvalue weighted by Crippen LogP contribution is -2.03. The van der Waals surface area contributed by atoms with Crippen molar-refractivity contribution in [1.29, 1.82) is 0 Å². The zero-order valence-electron chi connectivity index (χ0n) is 13.7. The molecule has 0 bridgehead atoms. The molecule has 0 aliphatic rings. The van der Waals surface area contributed by atoms with Gasteiger partial charge in [0.05, 0.1) is 5.02 Å². The summed E-state index contributed by atoms with van der Waals surface area (Å²) in [5.74, 6) is 1.68. The van der Waals surface area contributed by atoms with Crippen molar-refractivity contribution in [2.24, 2.45) is 0 Å². The number of halogens is 2. The van der Waals surface area contributed by atoms with Crippen molar-refractivity contribution in [3.05, 3.63) is 69.5 Å². The molecule has 0 aliphatic heterocycles. The van der Waals surface area contributed by atoms with Crippen LogP contribution < -0.4 is 4.74 Å². The number of thioether (sulfide) groups is 1. The van der Waals surface area contributed by atoms with Gasteiger partial charge in [-0.15, -0.1) is 10.2 Å². The maximum absolute atomic E-state index is 6.11. The molecule has 3 rings (SSSR count). The van der Waals surface area contributed by atoms with Crippen molar-refractivity contribution in [2.75, 3.05) is 0 Å². The number of hydrogen-bond donors (Lipinski definition) is 0. The van der Waals surface area contributed by atoms with Gasteiger partial charge in [0.1, 0.15) is 5.75 Å². The molecule has 0 aliphatic carbocycles. The SMILES string of the molecule is Cc1ccc(CSc2nnc([C@@H](C)Oc3ccc(Cl)cc3Cl)o2)cc1. The first-order chi connectivity index (χ1) is 12.0. The Labute approximate surface area is 160 Å². The summed E-state index contributed by atoms with van der Waals surface area (Å²) in [5.41, 5.74) is 2.44. The highest BCUT2D eigenvalue weighted by Gasteiger charge is 2.17. The van der Waals surface area contributed by atoms with Crippen LogP contribution in [0.4, 0.5) is 0 Å². The van der Waals surface area contributed by atoms with Gasteiger partial charge in [0.25, 0.3) is 11.1 Å². The van der Waals surface area contributed by atoms with Gasteiger partial charge in [0.2, 0.25) is 0 Å². The molecule has 1 heterocycles. The minimum absolute atomic E-state index is 0.400. The van der Waals surface area contributed by atoms with Crippen molar-refractivity contribution >= 4 is 35.0 Å². The summed E-state index contributed by atoms with van der Waals surface area (Å²) in [6.45, 7) is 3.89. The average Bonchev–Trinajstić information content (AvgIpc) is 3.06. The van der Waals surface area contributed by atoms with Gasteiger partial charge in [-0.25, -0.2) is 0 Å². The second-order valence-electron chi connectivity index (χ2n) is 5.52. The van der Waals surface area contributed by atoms with Gasteiger partial charge < -0.3 is 9.15 Å². The summed E-state index contributed by atoms with van der Waals surface area (Å²) in [6, 6.07) is 13.4. The number of rotatable bonds is 6. The summed E-state index contributed by atoms with van der Waals surface area (Å²) in [6.07, 6.45) is -0.417. The van der Waals surface area contributed by atoms with Crippen molar-refractivity contribution < 1.29 is 9.15 Å². The number of hydrogen-bond acceptors (Lipinski definition) is 5. The lowest BCUT2D eigenvalue weighted by atomic mass is 10.2. The maximum atomic E-state index is 6.11. The van der Waals surface area contributed by atoms with E-state index in [1.807, 2.05) is 6.92 Å². The van der Waals surface area contributed by atoms with Crippen LogP contribution in [0.25, 0.3) is 0 Å². The average molecular weight is 395 g/mol. The standard InChI is InChI=1S/C18H16Cl2N2O2S/c1-11-3-5-13(6-4-11)10-25-18-22-21-17(24-18)12(2)23-16-8-7-14(19)9-15(16)20/h3-9,12H,10H2,1-2H3/t12-/m1/s1. The van der Waals surface area contributed by atoms with Crippen molar-refractivity contribution in [3.8, 4) is 5.75 Å². The Hall–Kier alpha value is -1.69. The van der Waals surface area contributed by atoms with Crippen molar-refractivity contribution in [2.45, 2.75) is 30.9 Å². The van der Waals surface area contributed by atoms with Crippen LogP contribution in [0.2, 0.25) is 10.0 Å². The highest BCUT2D eigenvalue weighted by molar-refractivity contribution is 7.98. The molecule has 1 atom stereocenters. The molecule has 0 radical (unpaired) electrons. The Bertz CT molecular complexity index is 853. The minimum atomic E-state index is -0.417. The Balaban J connectivity index is 1.61. The number of aryl methyl sites for hydroxylation is 1. The maximum Gasteiger partial charge on any atom is 0.277 e. The van der Waals surface area contributed by atoms with Crippen LogP contribution >= 0.6 is 35.0 Å². The quantitative estimate of drug-likeness (QED) is 0.471. The Morgan fingerprint density at radius 1 is 1.12 bits per heavy atom. The van der Waals surface area contributed by atoms with Crippen LogP contribution in [0.15, 0.2) is 52.1 Å². The van der Waals surface area contributed by atoms with Gasteiger partial charge in [-0.1, -0.05) is 64.8 Å². The highest BCUT2D eigenvalue weighted by Crippen LogP contribution is 2.31. The van der Waals surface area contributed by atoms with E-state index in [0.717, 1.165) is 5.75 Å². The third-order valence-electron chi connectivity index (χ3n) is 3.45. The lowest BCUT2D eigenvalue weighted by Gasteiger charge is -2.12. The molecule has 1 aromatic heterocycles. The van der Waals surface area contributed by atoms with Gasteiger partial charge in [0, 0.05) is 10.8 Å². The molecule has 4 nitrogen and oxygen atoms in total. The first kappa shape index (κ1) is 18.1. The van der Waals surface area contributed by atoms with E-state index in [2.05, 4.69) is 41.4 Å². The molecule has 0 N–H and O–H groups in total. The smallest absolute Gasteiger partial charge is 0.277 e. The topological polar surface area (TPSA) is 48.2 Å². The van der Waals surface area contributed by atoms with E-state index in [4.69, 9.17) is 32.4 Å². The van der Waals surface area contributed by atoms with Crippen LogP contribution in [0.1, 0.15) is 30.0 Å². The molecule has 0 spiro atoms. The zero-order valence-corrected chi connectivity index (χ0v) is 16.0. The molecule has 0 unspecified atom stereocenters. The third kappa shape index (κ3) is 4.91. The lowest BCUT2D eigenvalue weighted by molar-refractivity contribution is 0.182. The molecule has 2 aromatic carbocycles. The molecule has 0 amide bonds.